The maximum Gasteiger partial charge on any atom is 0.260 e. The number of ether oxygens (including phenoxy) is 1. The fraction of sp³-hybridized carbons (Fsp3) is 0.500. The van der Waals surface area contributed by atoms with Gasteiger partial charge in [-0.25, -0.2) is 0 Å². The Morgan fingerprint density at radius 1 is 1.42 bits per heavy atom. The van der Waals surface area contributed by atoms with Gasteiger partial charge >= 0.3 is 0 Å². The van der Waals surface area contributed by atoms with E-state index in [1.165, 1.54) is 0 Å². The predicted octanol–water partition coefficient (Wildman–Crippen LogP) is 2.61. The summed E-state index contributed by atoms with van der Waals surface area (Å²) < 4.78 is 5.44. The van der Waals surface area contributed by atoms with E-state index in [0.717, 1.165) is 5.56 Å². The summed E-state index contributed by atoms with van der Waals surface area (Å²) in [5, 5.41) is 0.467. The van der Waals surface area contributed by atoms with Crippen LogP contribution in [0.2, 0.25) is 5.02 Å². The third-order valence-corrected chi connectivity index (χ3v) is 3.30. The van der Waals surface area contributed by atoms with Crippen LogP contribution in [0.4, 0.5) is 0 Å². The first-order valence-electron chi connectivity index (χ1n) is 6.26. The number of hydrogen-bond acceptors (Lipinski definition) is 3. The van der Waals surface area contributed by atoms with E-state index in [1.807, 2.05) is 26.8 Å². The van der Waals surface area contributed by atoms with Crippen LogP contribution in [0.1, 0.15) is 32.4 Å². The number of carbonyl (C=O) groups is 1. The minimum atomic E-state index is -0.0831. The van der Waals surface area contributed by atoms with E-state index in [1.54, 1.807) is 24.1 Å². The van der Waals surface area contributed by atoms with Gasteiger partial charge in [-0.05, 0) is 38.5 Å². The molecule has 0 bridgehead atoms. The predicted molar refractivity (Wildman–Crippen MR) is 77.5 cm³/mol. The van der Waals surface area contributed by atoms with Gasteiger partial charge in [0.05, 0.1) is 5.02 Å². The molecule has 1 rings (SSSR count). The zero-order chi connectivity index (χ0) is 14.6. The van der Waals surface area contributed by atoms with Gasteiger partial charge in [0, 0.05) is 19.1 Å². The second-order valence-electron chi connectivity index (χ2n) is 4.87. The molecular formula is C14H21ClN2O2. The number of nitrogens with zero attached hydrogens (tertiary/aromatic N) is 1. The molecule has 0 aromatic heterocycles. The van der Waals surface area contributed by atoms with Gasteiger partial charge in [0.2, 0.25) is 0 Å². The first kappa shape index (κ1) is 15.8. The fourth-order valence-electron chi connectivity index (χ4n) is 1.45. The molecular weight excluding hydrogens is 264 g/mol. The van der Waals surface area contributed by atoms with Crippen LogP contribution in [0.15, 0.2) is 18.2 Å². The van der Waals surface area contributed by atoms with E-state index >= 15 is 0 Å². The first-order valence-corrected chi connectivity index (χ1v) is 6.64. The Morgan fingerprint density at radius 3 is 2.53 bits per heavy atom. The lowest BCUT2D eigenvalue weighted by molar-refractivity contribution is -0.133. The molecule has 2 N–H and O–H groups in total. The maximum absolute atomic E-state index is 11.8. The molecule has 1 amide bonds. The van der Waals surface area contributed by atoms with E-state index in [9.17, 15) is 4.79 Å². The molecule has 0 saturated heterocycles. The van der Waals surface area contributed by atoms with Crippen LogP contribution in [0, 0.1) is 0 Å². The third kappa shape index (κ3) is 4.40. The average Bonchev–Trinajstić information content (AvgIpc) is 2.35. The SMILES string of the molecule is CC(N)c1ccc(OCC(=O)N(C)C(C)C)c(Cl)c1. The standard InChI is InChI=1S/C14H21ClN2O2/c1-9(2)17(4)14(18)8-19-13-6-5-11(10(3)16)7-12(13)15/h5-7,9-10H,8,16H2,1-4H3. The lowest BCUT2D eigenvalue weighted by atomic mass is 10.1. The molecule has 0 aliphatic heterocycles. The van der Waals surface area contributed by atoms with E-state index < -0.39 is 0 Å². The molecule has 0 fully saturated rings. The fourth-order valence-corrected chi connectivity index (χ4v) is 1.69. The number of halogens is 1. The number of carbonyl (C=O) groups excluding carboxylic acids is 1. The van der Waals surface area contributed by atoms with Crippen molar-refractivity contribution in [1.29, 1.82) is 0 Å². The number of hydrogen-bond donors (Lipinski definition) is 1. The molecule has 0 aliphatic carbocycles. The van der Waals surface area contributed by atoms with Crippen molar-refractivity contribution in [2.45, 2.75) is 32.9 Å². The molecule has 0 saturated carbocycles. The second-order valence-corrected chi connectivity index (χ2v) is 5.27. The van der Waals surface area contributed by atoms with Crippen LogP contribution < -0.4 is 10.5 Å². The van der Waals surface area contributed by atoms with Gasteiger partial charge in [0.1, 0.15) is 5.75 Å². The summed E-state index contributed by atoms with van der Waals surface area (Å²) in [6, 6.07) is 5.41. The Balaban J connectivity index is 2.66. The number of rotatable bonds is 5. The third-order valence-electron chi connectivity index (χ3n) is 3.00. The topological polar surface area (TPSA) is 55.6 Å². The Bertz CT molecular complexity index is 447. The van der Waals surface area contributed by atoms with Gasteiger partial charge in [-0.15, -0.1) is 0 Å². The first-order chi connectivity index (χ1) is 8.82. The summed E-state index contributed by atoms with van der Waals surface area (Å²) in [4.78, 5) is 13.4. The summed E-state index contributed by atoms with van der Waals surface area (Å²) in [5.74, 6) is 0.416. The van der Waals surface area contributed by atoms with Crippen molar-refractivity contribution in [1.82, 2.24) is 4.90 Å². The molecule has 0 heterocycles. The van der Waals surface area contributed by atoms with Crippen LogP contribution >= 0.6 is 11.6 Å². The van der Waals surface area contributed by atoms with E-state index in [-0.39, 0.29) is 24.6 Å². The molecule has 0 spiro atoms. The van der Waals surface area contributed by atoms with Crippen molar-refractivity contribution in [2.75, 3.05) is 13.7 Å². The minimum Gasteiger partial charge on any atom is -0.482 e. The zero-order valence-electron chi connectivity index (χ0n) is 11.8. The Kier molecular flexibility index (Phi) is 5.63. The van der Waals surface area contributed by atoms with Gasteiger partial charge in [-0.1, -0.05) is 17.7 Å². The summed E-state index contributed by atoms with van der Waals surface area (Å²) in [6.45, 7) is 5.75. The molecule has 4 nitrogen and oxygen atoms in total. The second kappa shape index (κ2) is 6.78. The molecule has 19 heavy (non-hydrogen) atoms. The van der Waals surface area contributed by atoms with Gasteiger partial charge < -0.3 is 15.4 Å². The molecule has 106 valence electrons. The van der Waals surface area contributed by atoms with Crippen molar-refractivity contribution in [2.24, 2.45) is 5.73 Å². The van der Waals surface area contributed by atoms with Gasteiger partial charge in [0.25, 0.3) is 5.91 Å². The Morgan fingerprint density at radius 2 is 2.05 bits per heavy atom. The molecule has 1 atom stereocenters. The van der Waals surface area contributed by atoms with Crippen LogP contribution in [-0.4, -0.2) is 30.5 Å². The van der Waals surface area contributed by atoms with Crippen LogP contribution in [-0.2, 0) is 4.79 Å². The quantitative estimate of drug-likeness (QED) is 0.904. The number of likely N-dealkylation sites (N-methyl/N-ethyl adjacent to an activating group) is 1. The smallest absolute Gasteiger partial charge is 0.260 e. The van der Waals surface area contributed by atoms with Gasteiger partial charge in [-0.2, -0.15) is 0 Å². The summed E-state index contributed by atoms with van der Waals surface area (Å²) >= 11 is 6.09. The van der Waals surface area contributed by atoms with E-state index in [4.69, 9.17) is 22.1 Å². The lowest BCUT2D eigenvalue weighted by Gasteiger charge is -2.21. The minimum absolute atomic E-state index is 0.0219. The van der Waals surface area contributed by atoms with Crippen LogP contribution in [0.3, 0.4) is 0 Å². The van der Waals surface area contributed by atoms with Crippen molar-refractivity contribution in [3.63, 3.8) is 0 Å². The number of benzene rings is 1. The highest BCUT2D eigenvalue weighted by atomic mass is 35.5. The van der Waals surface area contributed by atoms with E-state index in [2.05, 4.69) is 0 Å². The summed E-state index contributed by atoms with van der Waals surface area (Å²) in [6.07, 6.45) is 0. The monoisotopic (exact) mass is 284 g/mol. The molecule has 0 aliphatic rings. The zero-order valence-corrected chi connectivity index (χ0v) is 12.6. The molecule has 1 aromatic rings. The van der Waals surface area contributed by atoms with Crippen molar-refractivity contribution < 1.29 is 9.53 Å². The van der Waals surface area contributed by atoms with Crippen LogP contribution in [0.25, 0.3) is 0 Å². The largest absolute Gasteiger partial charge is 0.482 e. The van der Waals surface area contributed by atoms with E-state index in [0.29, 0.717) is 10.8 Å². The Hall–Kier alpha value is -1.26. The summed E-state index contributed by atoms with van der Waals surface area (Å²) in [7, 11) is 1.75. The van der Waals surface area contributed by atoms with Crippen molar-refractivity contribution in [3.05, 3.63) is 28.8 Å². The normalized spacial score (nSPS) is 12.4. The van der Waals surface area contributed by atoms with Crippen LogP contribution in [0.5, 0.6) is 5.75 Å². The molecule has 5 heteroatoms. The highest BCUT2D eigenvalue weighted by molar-refractivity contribution is 6.32. The molecule has 0 radical (unpaired) electrons. The molecule has 1 unspecified atom stereocenters. The molecule has 1 aromatic carbocycles. The summed E-state index contributed by atoms with van der Waals surface area (Å²) in [5.41, 5.74) is 6.70. The van der Waals surface area contributed by atoms with Crippen molar-refractivity contribution in [3.8, 4) is 5.75 Å². The van der Waals surface area contributed by atoms with Crippen molar-refractivity contribution >= 4 is 17.5 Å². The maximum atomic E-state index is 11.8. The highest BCUT2D eigenvalue weighted by Gasteiger charge is 2.13. The van der Waals surface area contributed by atoms with Gasteiger partial charge in [-0.3, -0.25) is 4.79 Å². The number of amides is 1. The highest BCUT2D eigenvalue weighted by Crippen LogP contribution is 2.27. The Labute approximate surface area is 119 Å². The lowest BCUT2D eigenvalue weighted by Crippen LogP contribution is -2.36. The van der Waals surface area contributed by atoms with Gasteiger partial charge in [0.15, 0.2) is 6.61 Å². The number of nitrogens with two attached hydrogens (primary N) is 1. The average molecular weight is 285 g/mol.